The van der Waals surface area contributed by atoms with Gasteiger partial charge in [0.2, 0.25) is 0 Å². The van der Waals surface area contributed by atoms with Gasteiger partial charge in [0.1, 0.15) is 11.5 Å². The topological polar surface area (TPSA) is 42.4 Å². The second kappa shape index (κ2) is 4.96. The Morgan fingerprint density at radius 1 is 1.19 bits per heavy atom. The highest BCUT2D eigenvalue weighted by atomic mass is 35.5. The van der Waals surface area contributed by atoms with Crippen LogP contribution in [0.15, 0.2) is 42.7 Å². The van der Waals surface area contributed by atoms with Crippen LogP contribution in [0.25, 0.3) is 0 Å². The first-order valence-corrected chi connectivity index (χ1v) is 5.14. The summed E-state index contributed by atoms with van der Waals surface area (Å²) in [6.07, 6.45) is 3.19. The van der Waals surface area contributed by atoms with Gasteiger partial charge in [-0.2, -0.15) is 0 Å². The molecule has 4 heteroatoms. The third-order valence-electron chi connectivity index (χ3n) is 2.07. The number of rotatable bonds is 3. The molecule has 0 bridgehead atoms. The average Bonchev–Trinajstić information content (AvgIpc) is 2.33. The van der Waals surface area contributed by atoms with Gasteiger partial charge in [0.25, 0.3) is 0 Å². The van der Waals surface area contributed by atoms with Crippen LogP contribution in [0.3, 0.4) is 0 Å². The Kier molecular flexibility index (Phi) is 3.39. The molecule has 0 unspecified atom stereocenters. The lowest BCUT2D eigenvalue weighted by Gasteiger charge is -2.08. The van der Waals surface area contributed by atoms with E-state index in [1.807, 2.05) is 0 Å². The summed E-state index contributed by atoms with van der Waals surface area (Å²) in [5, 5.41) is 9.76. The lowest BCUT2D eigenvalue weighted by molar-refractivity contribution is 0.276. The fourth-order valence-corrected chi connectivity index (χ4v) is 1.39. The smallest absolute Gasteiger partial charge is 0.136 e. The van der Waals surface area contributed by atoms with Gasteiger partial charge < -0.3 is 9.84 Å². The molecule has 1 heterocycles. The molecule has 0 aliphatic rings. The van der Waals surface area contributed by atoms with Crippen LogP contribution < -0.4 is 4.74 Å². The second-order valence-corrected chi connectivity index (χ2v) is 3.63. The number of pyridine rings is 1. The van der Waals surface area contributed by atoms with E-state index >= 15 is 0 Å². The van der Waals surface area contributed by atoms with Crippen LogP contribution in [0.2, 0.25) is 5.02 Å². The van der Waals surface area contributed by atoms with E-state index < -0.39 is 0 Å². The van der Waals surface area contributed by atoms with Gasteiger partial charge in [-0.3, -0.25) is 4.98 Å². The van der Waals surface area contributed by atoms with Gasteiger partial charge in [0, 0.05) is 23.0 Å². The lowest BCUT2D eigenvalue weighted by Crippen LogP contribution is -1.92. The second-order valence-electron chi connectivity index (χ2n) is 3.20. The van der Waals surface area contributed by atoms with Crippen molar-refractivity contribution < 1.29 is 9.84 Å². The molecule has 2 aromatic rings. The van der Waals surface area contributed by atoms with Crippen LogP contribution in [0, 0.1) is 0 Å². The molecule has 0 amide bonds. The zero-order valence-electron chi connectivity index (χ0n) is 8.43. The summed E-state index contributed by atoms with van der Waals surface area (Å²) < 4.78 is 5.60. The number of ether oxygens (including phenoxy) is 1. The lowest BCUT2D eigenvalue weighted by atomic mass is 10.2. The minimum Gasteiger partial charge on any atom is -0.457 e. The van der Waals surface area contributed by atoms with Crippen molar-refractivity contribution in [2.75, 3.05) is 0 Å². The van der Waals surface area contributed by atoms with E-state index in [9.17, 15) is 0 Å². The number of hydrogen-bond acceptors (Lipinski definition) is 3. The summed E-state index contributed by atoms with van der Waals surface area (Å²) in [6.45, 7) is -0.100. The molecule has 0 aliphatic carbocycles. The van der Waals surface area contributed by atoms with Crippen LogP contribution in [0.1, 0.15) is 5.56 Å². The van der Waals surface area contributed by atoms with Crippen LogP contribution in [0.4, 0.5) is 0 Å². The molecule has 16 heavy (non-hydrogen) atoms. The minimum atomic E-state index is -0.100. The van der Waals surface area contributed by atoms with Crippen LogP contribution in [-0.2, 0) is 6.61 Å². The van der Waals surface area contributed by atoms with Gasteiger partial charge in [0.05, 0.1) is 6.61 Å². The van der Waals surface area contributed by atoms with Crippen molar-refractivity contribution in [2.24, 2.45) is 0 Å². The molecule has 2 rings (SSSR count). The van der Waals surface area contributed by atoms with Gasteiger partial charge in [-0.05, 0) is 30.3 Å². The zero-order valence-corrected chi connectivity index (χ0v) is 9.19. The molecule has 0 atom stereocenters. The van der Waals surface area contributed by atoms with E-state index in [1.165, 1.54) is 0 Å². The molecule has 3 nitrogen and oxygen atoms in total. The molecular formula is C12H10ClNO2. The fourth-order valence-electron chi connectivity index (χ4n) is 1.26. The molecule has 1 aromatic heterocycles. The van der Waals surface area contributed by atoms with E-state index in [0.717, 1.165) is 0 Å². The van der Waals surface area contributed by atoms with Crippen molar-refractivity contribution in [1.29, 1.82) is 0 Å². The maximum Gasteiger partial charge on any atom is 0.136 e. The Labute approximate surface area is 98.3 Å². The first-order valence-electron chi connectivity index (χ1n) is 4.77. The molecule has 0 fully saturated rings. The predicted molar refractivity (Wildman–Crippen MR) is 61.7 cm³/mol. The fraction of sp³-hybridized carbons (Fsp3) is 0.0833. The molecule has 0 saturated carbocycles. The van der Waals surface area contributed by atoms with Crippen molar-refractivity contribution in [2.45, 2.75) is 6.61 Å². The summed E-state index contributed by atoms with van der Waals surface area (Å²) in [6, 6.07) is 8.74. The van der Waals surface area contributed by atoms with Crippen LogP contribution in [0.5, 0.6) is 11.5 Å². The first-order chi connectivity index (χ1) is 7.79. The number of aliphatic hydroxyl groups is 1. The standard InChI is InChI=1S/C12H10ClNO2/c13-10-1-3-11(4-2-10)16-12-5-6-14-7-9(12)8-15/h1-7,15H,8H2. The molecule has 1 N–H and O–H groups in total. The summed E-state index contributed by atoms with van der Waals surface area (Å²) in [7, 11) is 0. The molecule has 0 aliphatic heterocycles. The quantitative estimate of drug-likeness (QED) is 0.889. The van der Waals surface area contributed by atoms with E-state index in [2.05, 4.69) is 4.98 Å². The maximum absolute atomic E-state index is 9.10. The van der Waals surface area contributed by atoms with Gasteiger partial charge in [-0.25, -0.2) is 0 Å². The number of aromatic nitrogens is 1. The molecule has 0 spiro atoms. The summed E-state index contributed by atoms with van der Waals surface area (Å²) >= 11 is 5.77. The van der Waals surface area contributed by atoms with Crippen molar-refractivity contribution in [3.63, 3.8) is 0 Å². The van der Waals surface area contributed by atoms with Gasteiger partial charge in [-0.1, -0.05) is 11.6 Å². The van der Waals surface area contributed by atoms with Crippen molar-refractivity contribution in [3.05, 3.63) is 53.3 Å². The average molecular weight is 236 g/mol. The van der Waals surface area contributed by atoms with E-state index in [-0.39, 0.29) is 6.61 Å². The molecule has 0 saturated heterocycles. The van der Waals surface area contributed by atoms with Gasteiger partial charge >= 0.3 is 0 Å². The van der Waals surface area contributed by atoms with Crippen LogP contribution in [-0.4, -0.2) is 10.1 Å². The van der Waals surface area contributed by atoms with E-state index in [0.29, 0.717) is 22.1 Å². The van der Waals surface area contributed by atoms with Crippen molar-refractivity contribution in [3.8, 4) is 11.5 Å². The summed E-state index contributed by atoms with van der Waals surface area (Å²) in [5.41, 5.74) is 0.650. The Bertz CT molecular complexity index is 471. The Morgan fingerprint density at radius 3 is 2.62 bits per heavy atom. The Hall–Kier alpha value is -1.58. The summed E-state index contributed by atoms with van der Waals surface area (Å²) in [5.74, 6) is 1.27. The van der Waals surface area contributed by atoms with E-state index in [4.69, 9.17) is 21.4 Å². The van der Waals surface area contributed by atoms with E-state index in [1.54, 1.807) is 42.7 Å². The normalized spacial score (nSPS) is 10.1. The highest BCUT2D eigenvalue weighted by Crippen LogP contribution is 2.25. The SMILES string of the molecule is OCc1cnccc1Oc1ccc(Cl)cc1. The highest BCUT2D eigenvalue weighted by Gasteiger charge is 2.03. The summed E-state index contributed by atoms with van der Waals surface area (Å²) in [4.78, 5) is 3.91. The molecule has 82 valence electrons. The number of hydrogen-bond donors (Lipinski definition) is 1. The number of aliphatic hydroxyl groups excluding tert-OH is 1. The first kappa shape index (κ1) is 10.9. The third-order valence-corrected chi connectivity index (χ3v) is 2.32. The highest BCUT2D eigenvalue weighted by molar-refractivity contribution is 6.30. The monoisotopic (exact) mass is 235 g/mol. The van der Waals surface area contributed by atoms with Crippen molar-refractivity contribution in [1.82, 2.24) is 4.98 Å². The number of nitrogens with zero attached hydrogens (tertiary/aromatic N) is 1. The Balaban J connectivity index is 2.23. The van der Waals surface area contributed by atoms with Gasteiger partial charge in [-0.15, -0.1) is 0 Å². The predicted octanol–water partition coefficient (Wildman–Crippen LogP) is 3.02. The minimum absolute atomic E-state index is 0.100. The zero-order chi connectivity index (χ0) is 11.4. The molecule has 0 radical (unpaired) electrons. The largest absolute Gasteiger partial charge is 0.457 e. The maximum atomic E-state index is 9.10. The Morgan fingerprint density at radius 2 is 1.94 bits per heavy atom. The molecular weight excluding hydrogens is 226 g/mol. The number of benzene rings is 1. The number of halogens is 1. The van der Waals surface area contributed by atoms with Gasteiger partial charge in [0.15, 0.2) is 0 Å². The third kappa shape index (κ3) is 2.51. The van der Waals surface area contributed by atoms with Crippen LogP contribution >= 0.6 is 11.6 Å². The molecule has 1 aromatic carbocycles. The van der Waals surface area contributed by atoms with Crippen molar-refractivity contribution >= 4 is 11.6 Å².